The molecule has 0 N–H and O–H groups in total. The lowest BCUT2D eigenvalue weighted by atomic mass is 10.1. The molecule has 0 bridgehead atoms. The second-order valence-corrected chi connectivity index (χ2v) is 4.29. The van der Waals surface area contributed by atoms with Crippen molar-refractivity contribution < 1.29 is 4.57 Å². The lowest BCUT2D eigenvalue weighted by Crippen LogP contribution is -2.36. The van der Waals surface area contributed by atoms with Crippen LogP contribution in [0.2, 0.25) is 0 Å². The average molecular weight is 218 g/mol. The summed E-state index contributed by atoms with van der Waals surface area (Å²) in [7, 11) is 0. The molecule has 0 saturated carbocycles. The van der Waals surface area contributed by atoms with Crippen LogP contribution < -0.4 is 4.57 Å². The van der Waals surface area contributed by atoms with Gasteiger partial charge < -0.3 is 0 Å². The van der Waals surface area contributed by atoms with Gasteiger partial charge in [-0.1, -0.05) is 39.2 Å². The molecule has 1 aromatic heterocycles. The first-order valence-electron chi connectivity index (χ1n) is 6.49. The van der Waals surface area contributed by atoms with E-state index in [1.807, 2.05) is 6.08 Å². The molecular formula is C15H24N+. The third-order valence-corrected chi connectivity index (χ3v) is 2.94. The fourth-order valence-corrected chi connectivity index (χ4v) is 1.94. The van der Waals surface area contributed by atoms with Crippen LogP contribution in [0.15, 0.2) is 31.0 Å². The van der Waals surface area contributed by atoms with Crippen LogP contribution in [-0.2, 0) is 6.54 Å². The Labute approximate surface area is 99.8 Å². The molecule has 0 fully saturated rings. The molecule has 0 radical (unpaired) electrons. The quantitative estimate of drug-likeness (QED) is 0.459. The van der Waals surface area contributed by atoms with E-state index in [1.54, 1.807) is 0 Å². The van der Waals surface area contributed by atoms with Gasteiger partial charge in [-0.15, -0.1) is 0 Å². The van der Waals surface area contributed by atoms with E-state index < -0.39 is 0 Å². The third kappa shape index (κ3) is 4.61. The molecule has 1 rings (SSSR count). The lowest BCUT2D eigenvalue weighted by molar-refractivity contribution is -0.699. The topological polar surface area (TPSA) is 3.88 Å². The number of pyridine rings is 1. The van der Waals surface area contributed by atoms with Crippen LogP contribution in [0.25, 0.3) is 6.08 Å². The second kappa shape index (κ2) is 8.09. The van der Waals surface area contributed by atoms with Crippen LogP contribution in [-0.4, -0.2) is 0 Å². The van der Waals surface area contributed by atoms with Gasteiger partial charge in [-0.2, -0.15) is 4.57 Å². The van der Waals surface area contributed by atoms with Crippen LogP contribution in [0.5, 0.6) is 0 Å². The van der Waals surface area contributed by atoms with E-state index >= 15 is 0 Å². The van der Waals surface area contributed by atoms with Crippen molar-refractivity contribution in [3.05, 3.63) is 36.7 Å². The Hall–Kier alpha value is -1.11. The molecule has 1 heterocycles. The second-order valence-electron chi connectivity index (χ2n) is 4.29. The molecule has 0 aliphatic heterocycles. The number of nitrogens with zero attached hydrogens (tertiary/aromatic N) is 1. The van der Waals surface area contributed by atoms with Crippen LogP contribution in [0.4, 0.5) is 0 Å². The highest BCUT2D eigenvalue weighted by Crippen LogP contribution is 2.05. The molecular weight excluding hydrogens is 194 g/mol. The lowest BCUT2D eigenvalue weighted by Gasteiger charge is -2.01. The first kappa shape index (κ1) is 13.0. The van der Waals surface area contributed by atoms with Crippen LogP contribution in [0.3, 0.4) is 0 Å². The van der Waals surface area contributed by atoms with Crippen LogP contribution in [0, 0.1) is 0 Å². The van der Waals surface area contributed by atoms with Gasteiger partial charge in [0.15, 0.2) is 6.20 Å². The van der Waals surface area contributed by atoms with Crippen molar-refractivity contribution in [3.8, 4) is 0 Å². The molecule has 1 heteroatoms. The van der Waals surface area contributed by atoms with E-state index in [-0.39, 0.29) is 0 Å². The molecule has 0 aromatic carbocycles. The molecule has 1 nitrogen and oxygen atoms in total. The molecule has 0 aliphatic rings. The number of aryl methyl sites for hydroxylation is 1. The van der Waals surface area contributed by atoms with Crippen molar-refractivity contribution >= 4 is 6.08 Å². The summed E-state index contributed by atoms with van der Waals surface area (Å²) in [5, 5.41) is 0. The standard InChI is InChI=1S/C15H24N/c1-3-5-6-7-8-10-13-16-14-11-9-12-15(16)4-2/h4,9,11-12,14H,2-3,5-8,10,13H2,1H3/q+1. The normalized spacial score (nSPS) is 10.3. The van der Waals surface area contributed by atoms with Gasteiger partial charge in [0.2, 0.25) is 5.69 Å². The monoisotopic (exact) mass is 218 g/mol. The van der Waals surface area contributed by atoms with E-state index in [4.69, 9.17) is 0 Å². The van der Waals surface area contributed by atoms with E-state index in [1.165, 1.54) is 44.2 Å². The van der Waals surface area contributed by atoms with Gasteiger partial charge in [0.1, 0.15) is 6.54 Å². The summed E-state index contributed by atoms with van der Waals surface area (Å²) in [6, 6.07) is 6.27. The van der Waals surface area contributed by atoms with Gasteiger partial charge in [0.25, 0.3) is 0 Å². The maximum atomic E-state index is 3.84. The molecule has 0 aliphatic carbocycles. The Morgan fingerprint density at radius 1 is 1.12 bits per heavy atom. The van der Waals surface area contributed by atoms with Crippen molar-refractivity contribution in [2.75, 3.05) is 0 Å². The number of unbranched alkanes of at least 4 members (excludes halogenated alkanes) is 5. The van der Waals surface area contributed by atoms with Gasteiger partial charge >= 0.3 is 0 Å². The first-order valence-corrected chi connectivity index (χ1v) is 6.49. The Morgan fingerprint density at radius 2 is 1.88 bits per heavy atom. The smallest absolute Gasteiger partial charge is 0.199 e. The summed E-state index contributed by atoms with van der Waals surface area (Å²) < 4.78 is 2.28. The first-order chi connectivity index (χ1) is 7.88. The SMILES string of the molecule is C=Cc1cccc[n+]1CCCCCCCC. The van der Waals surface area contributed by atoms with Crippen LogP contribution in [0.1, 0.15) is 51.1 Å². The molecule has 88 valence electrons. The highest BCUT2D eigenvalue weighted by atomic mass is 14.9. The van der Waals surface area contributed by atoms with Crippen molar-refractivity contribution in [3.63, 3.8) is 0 Å². The van der Waals surface area contributed by atoms with Crippen LogP contribution >= 0.6 is 0 Å². The minimum Gasteiger partial charge on any atom is -0.199 e. The fourth-order valence-electron chi connectivity index (χ4n) is 1.94. The third-order valence-electron chi connectivity index (χ3n) is 2.94. The minimum absolute atomic E-state index is 1.12. The largest absolute Gasteiger partial charge is 0.204 e. The number of rotatable bonds is 8. The molecule has 0 atom stereocenters. The zero-order valence-corrected chi connectivity index (χ0v) is 10.5. The molecule has 0 saturated heterocycles. The highest BCUT2D eigenvalue weighted by molar-refractivity contribution is 5.36. The van der Waals surface area contributed by atoms with Crippen molar-refractivity contribution in [2.45, 2.75) is 52.0 Å². The number of hydrogen-bond donors (Lipinski definition) is 0. The summed E-state index contributed by atoms with van der Waals surface area (Å²) in [5.41, 5.74) is 1.22. The zero-order valence-electron chi connectivity index (χ0n) is 10.5. The fraction of sp³-hybridized carbons (Fsp3) is 0.533. The number of hydrogen-bond acceptors (Lipinski definition) is 0. The molecule has 0 spiro atoms. The Balaban J connectivity index is 2.23. The van der Waals surface area contributed by atoms with Gasteiger partial charge in [0.05, 0.1) is 0 Å². The van der Waals surface area contributed by atoms with Gasteiger partial charge in [-0.3, -0.25) is 0 Å². The maximum absolute atomic E-state index is 3.84. The molecule has 0 unspecified atom stereocenters. The highest BCUT2D eigenvalue weighted by Gasteiger charge is 2.04. The van der Waals surface area contributed by atoms with Crippen molar-refractivity contribution in [1.82, 2.24) is 0 Å². The maximum Gasteiger partial charge on any atom is 0.204 e. The minimum atomic E-state index is 1.12. The zero-order chi connectivity index (χ0) is 11.6. The predicted octanol–water partition coefficient (Wildman–Crippen LogP) is 3.98. The Kier molecular flexibility index (Phi) is 6.55. The van der Waals surface area contributed by atoms with Gasteiger partial charge in [-0.25, -0.2) is 0 Å². The summed E-state index contributed by atoms with van der Waals surface area (Å²) in [5.74, 6) is 0. The Morgan fingerprint density at radius 3 is 2.62 bits per heavy atom. The predicted molar refractivity (Wildman–Crippen MR) is 70.1 cm³/mol. The van der Waals surface area contributed by atoms with Crippen molar-refractivity contribution in [2.24, 2.45) is 0 Å². The summed E-state index contributed by atoms with van der Waals surface area (Å²) in [6.07, 6.45) is 12.2. The van der Waals surface area contributed by atoms with E-state index in [0.29, 0.717) is 0 Å². The number of aromatic nitrogens is 1. The average Bonchev–Trinajstić information content (AvgIpc) is 2.34. The molecule has 0 amide bonds. The summed E-state index contributed by atoms with van der Waals surface area (Å²) in [4.78, 5) is 0. The summed E-state index contributed by atoms with van der Waals surface area (Å²) >= 11 is 0. The van der Waals surface area contributed by atoms with E-state index in [9.17, 15) is 0 Å². The van der Waals surface area contributed by atoms with Gasteiger partial charge in [0, 0.05) is 24.6 Å². The van der Waals surface area contributed by atoms with E-state index in [2.05, 4.69) is 42.5 Å². The molecule has 16 heavy (non-hydrogen) atoms. The summed E-state index contributed by atoms with van der Waals surface area (Å²) in [6.45, 7) is 7.22. The van der Waals surface area contributed by atoms with Crippen molar-refractivity contribution in [1.29, 1.82) is 0 Å². The van der Waals surface area contributed by atoms with Gasteiger partial charge in [-0.05, 0) is 12.5 Å². The van der Waals surface area contributed by atoms with E-state index in [0.717, 1.165) is 6.54 Å². The Bertz CT molecular complexity index is 304. The molecule has 1 aromatic rings.